The number of nitrogens with zero attached hydrogens (tertiary/aromatic N) is 4. The molecule has 0 fully saturated rings. The number of hydrogen-bond donors (Lipinski definition) is 1. The quantitative estimate of drug-likeness (QED) is 0.451. The van der Waals surface area contributed by atoms with Crippen molar-refractivity contribution in [2.45, 2.75) is 26.0 Å². The predicted octanol–water partition coefficient (Wildman–Crippen LogP) is 2.34. The van der Waals surface area contributed by atoms with Gasteiger partial charge in [-0.2, -0.15) is 0 Å². The van der Waals surface area contributed by atoms with Crippen molar-refractivity contribution in [3.05, 3.63) is 40.0 Å². The van der Waals surface area contributed by atoms with Gasteiger partial charge < -0.3 is 5.11 Å². The molecule has 0 saturated heterocycles. The number of aliphatic hydroxyl groups excluding tert-OH is 1. The molecule has 0 aliphatic rings. The highest BCUT2D eigenvalue weighted by molar-refractivity contribution is 5.13. The van der Waals surface area contributed by atoms with Crippen LogP contribution >= 0.6 is 0 Å². The van der Waals surface area contributed by atoms with Crippen LogP contribution in [-0.4, -0.2) is 10.1 Å². The summed E-state index contributed by atoms with van der Waals surface area (Å²) in [4.78, 5) is 6.81. The third kappa shape index (κ3) is 2.73. The van der Waals surface area contributed by atoms with Gasteiger partial charge in [-0.05, 0) is 24.1 Å². The second kappa shape index (κ2) is 5.21. The average Bonchev–Trinajstić information content (AvgIpc) is 2.25. The molecule has 0 unspecified atom stereocenters. The maximum atomic E-state index is 9.51. The summed E-state index contributed by atoms with van der Waals surface area (Å²) >= 11 is 0. The lowest BCUT2D eigenvalue weighted by Crippen LogP contribution is -2.00. The Morgan fingerprint density at radius 3 is 3.07 bits per heavy atom. The van der Waals surface area contributed by atoms with Crippen molar-refractivity contribution in [3.8, 4) is 0 Å². The molecule has 0 saturated carbocycles. The Morgan fingerprint density at radius 2 is 2.43 bits per heavy atom. The van der Waals surface area contributed by atoms with Crippen LogP contribution in [0.4, 0.5) is 0 Å². The number of azide groups is 1. The van der Waals surface area contributed by atoms with Crippen molar-refractivity contribution in [3.63, 3.8) is 0 Å². The standard InChI is InChI=1S/C9H12N4O/c1-2-9(14)8-5-3-4-7(12-8)6-11-13-10/h3-5,9,14H,2,6H2,1H3/t9-/m1/s1. The van der Waals surface area contributed by atoms with Gasteiger partial charge in [0.25, 0.3) is 0 Å². The first kappa shape index (κ1) is 10.5. The molecule has 1 atom stereocenters. The molecule has 0 aliphatic carbocycles. The molecule has 1 N–H and O–H groups in total. The highest BCUT2D eigenvalue weighted by Gasteiger charge is 2.05. The minimum Gasteiger partial charge on any atom is -0.387 e. The summed E-state index contributed by atoms with van der Waals surface area (Å²) in [5, 5.41) is 12.9. The van der Waals surface area contributed by atoms with Gasteiger partial charge in [-0.25, -0.2) is 0 Å². The SMILES string of the molecule is CC[C@@H](O)c1cccc(CN=[N+]=[N-])n1. The molecule has 0 amide bonds. The van der Waals surface area contributed by atoms with Crippen LogP contribution in [0.2, 0.25) is 0 Å². The van der Waals surface area contributed by atoms with E-state index in [1.165, 1.54) is 0 Å². The summed E-state index contributed by atoms with van der Waals surface area (Å²) in [6, 6.07) is 5.32. The number of aliphatic hydroxyl groups is 1. The summed E-state index contributed by atoms with van der Waals surface area (Å²) in [6.07, 6.45) is 0.0823. The fourth-order valence-electron chi connectivity index (χ4n) is 1.08. The molecule has 74 valence electrons. The number of hydrogen-bond acceptors (Lipinski definition) is 3. The second-order valence-electron chi connectivity index (χ2n) is 2.87. The lowest BCUT2D eigenvalue weighted by atomic mass is 10.2. The molecule has 1 aromatic rings. The van der Waals surface area contributed by atoms with Gasteiger partial charge >= 0.3 is 0 Å². The Hall–Kier alpha value is -1.58. The van der Waals surface area contributed by atoms with E-state index in [0.717, 1.165) is 0 Å². The van der Waals surface area contributed by atoms with Crippen LogP contribution in [0.15, 0.2) is 23.3 Å². The maximum Gasteiger partial charge on any atom is 0.0957 e. The second-order valence-corrected chi connectivity index (χ2v) is 2.87. The maximum absolute atomic E-state index is 9.51. The van der Waals surface area contributed by atoms with E-state index in [-0.39, 0.29) is 6.54 Å². The first-order valence-electron chi connectivity index (χ1n) is 4.42. The highest BCUT2D eigenvalue weighted by Crippen LogP contribution is 2.13. The Bertz CT molecular complexity index is 346. The molecule has 0 spiro atoms. The summed E-state index contributed by atoms with van der Waals surface area (Å²) in [5.74, 6) is 0. The van der Waals surface area contributed by atoms with E-state index in [1.807, 2.05) is 6.92 Å². The van der Waals surface area contributed by atoms with Crippen molar-refractivity contribution in [2.75, 3.05) is 0 Å². The van der Waals surface area contributed by atoms with Gasteiger partial charge in [-0.15, -0.1) is 0 Å². The van der Waals surface area contributed by atoms with E-state index >= 15 is 0 Å². The topological polar surface area (TPSA) is 81.9 Å². The Balaban J connectivity index is 2.83. The zero-order valence-corrected chi connectivity index (χ0v) is 7.96. The van der Waals surface area contributed by atoms with Gasteiger partial charge in [0.2, 0.25) is 0 Å². The molecule has 0 aliphatic heterocycles. The van der Waals surface area contributed by atoms with Crippen molar-refractivity contribution < 1.29 is 5.11 Å². The van der Waals surface area contributed by atoms with Crippen LogP contribution in [0, 0.1) is 0 Å². The van der Waals surface area contributed by atoms with Crippen molar-refractivity contribution in [2.24, 2.45) is 5.11 Å². The van der Waals surface area contributed by atoms with Crippen LogP contribution in [0.25, 0.3) is 10.4 Å². The number of rotatable bonds is 4. The van der Waals surface area contributed by atoms with E-state index in [9.17, 15) is 5.11 Å². The minimum absolute atomic E-state index is 0.223. The normalized spacial score (nSPS) is 11.9. The van der Waals surface area contributed by atoms with Gasteiger partial charge in [-0.1, -0.05) is 18.1 Å². The molecular weight excluding hydrogens is 180 g/mol. The van der Waals surface area contributed by atoms with Crippen molar-refractivity contribution >= 4 is 0 Å². The summed E-state index contributed by atoms with van der Waals surface area (Å²) in [5.41, 5.74) is 9.43. The predicted molar refractivity (Wildman–Crippen MR) is 52.3 cm³/mol. The third-order valence-electron chi connectivity index (χ3n) is 1.85. The van der Waals surface area contributed by atoms with Crippen molar-refractivity contribution in [1.29, 1.82) is 0 Å². The van der Waals surface area contributed by atoms with E-state index in [4.69, 9.17) is 5.53 Å². The van der Waals surface area contributed by atoms with Crippen LogP contribution in [0.5, 0.6) is 0 Å². The molecule has 1 heterocycles. The smallest absolute Gasteiger partial charge is 0.0957 e. The third-order valence-corrected chi connectivity index (χ3v) is 1.85. The Labute approximate surface area is 82.0 Å². The van der Waals surface area contributed by atoms with Gasteiger partial charge in [-0.3, -0.25) is 4.98 Å². The first-order valence-corrected chi connectivity index (χ1v) is 4.42. The lowest BCUT2D eigenvalue weighted by Gasteiger charge is -2.07. The van der Waals surface area contributed by atoms with Crippen LogP contribution in [-0.2, 0) is 6.54 Å². The fourth-order valence-corrected chi connectivity index (χ4v) is 1.08. The summed E-state index contributed by atoms with van der Waals surface area (Å²) in [7, 11) is 0. The van der Waals surface area contributed by atoms with Crippen LogP contribution in [0.1, 0.15) is 30.8 Å². The minimum atomic E-state index is -0.541. The molecule has 5 nitrogen and oxygen atoms in total. The molecule has 0 bridgehead atoms. The van der Waals surface area contributed by atoms with E-state index in [0.29, 0.717) is 17.8 Å². The summed E-state index contributed by atoms with van der Waals surface area (Å²) < 4.78 is 0. The van der Waals surface area contributed by atoms with E-state index in [2.05, 4.69) is 15.0 Å². The average molecular weight is 192 g/mol. The van der Waals surface area contributed by atoms with E-state index in [1.54, 1.807) is 18.2 Å². The Morgan fingerprint density at radius 1 is 1.64 bits per heavy atom. The van der Waals surface area contributed by atoms with Gasteiger partial charge in [0.15, 0.2) is 0 Å². The summed E-state index contributed by atoms with van der Waals surface area (Å²) in [6.45, 7) is 2.10. The lowest BCUT2D eigenvalue weighted by molar-refractivity contribution is 0.168. The highest BCUT2D eigenvalue weighted by atomic mass is 16.3. The first-order chi connectivity index (χ1) is 6.77. The number of aromatic nitrogens is 1. The molecule has 14 heavy (non-hydrogen) atoms. The largest absolute Gasteiger partial charge is 0.387 e. The Kier molecular flexibility index (Phi) is 3.91. The molecular formula is C9H12N4O. The molecule has 1 aromatic heterocycles. The molecule has 0 radical (unpaired) electrons. The molecule has 0 aromatic carbocycles. The number of pyridine rings is 1. The molecule has 5 heteroatoms. The van der Waals surface area contributed by atoms with Crippen LogP contribution in [0.3, 0.4) is 0 Å². The van der Waals surface area contributed by atoms with E-state index < -0.39 is 6.10 Å². The zero-order chi connectivity index (χ0) is 10.4. The van der Waals surface area contributed by atoms with Crippen molar-refractivity contribution in [1.82, 2.24) is 4.98 Å². The van der Waals surface area contributed by atoms with Gasteiger partial charge in [0.1, 0.15) is 0 Å². The monoisotopic (exact) mass is 192 g/mol. The van der Waals surface area contributed by atoms with Gasteiger partial charge in [0.05, 0.1) is 18.3 Å². The van der Waals surface area contributed by atoms with Gasteiger partial charge in [0, 0.05) is 10.6 Å². The fraction of sp³-hybridized carbons (Fsp3) is 0.444. The zero-order valence-electron chi connectivity index (χ0n) is 7.96. The molecule has 1 rings (SSSR count). The van der Waals surface area contributed by atoms with Crippen LogP contribution < -0.4 is 0 Å².